The first-order chi connectivity index (χ1) is 13.5. The number of hydrogen-bond acceptors (Lipinski definition) is 3. The number of rotatable bonds is 6. The number of hydrogen-bond donors (Lipinski definition) is 2. The molecule has 1 heterocycles. The van der Waals surface area contributed by atoms with Crippen LogP contribution in [0.3, 0.4) is 0 Å². The van der Waals surface area contributed by atoms with Gasteiger partial charge >= 0.3 is 0 Å². The second kappa shape index (κ2) is 8.10. The van der Waals surface area contributed by atoms with Crippen molar-refractivity contribution in [2.24, 2.45) is 17.3 Å². The molecule has 2 atom stereocenters. The minimum atomic E-state index is -0.986. The number of amides is 2. The minimum absolute atomic E-state index is 0.0201. The summed E-state index contributed by atoms with van der Waals surface area (Å²) in [6.45, 7) is 10.9. The summed E-state index contributed by atoms with van der Waals surface area (Å²) in [5.74, 6) is 0.457. The van der Waals surface area contributed by atoms with Crippen molar-refractivity contribution in [3.05, 3.63) is 35.4 Å². The first-order valence-corrected chi connectivity index (χ1v) is 10.9. The molecular formula is C24H36N2O3. The van der Waals surface area contributed by atoms with E-state index in [1.807, 2.05) is 63.8 Å². The van der Waals surface area contributed by atoms with Gasteiger partial charge in [0.2, 0.25) is 11.8 Å². The van der Waals surface area contributed by atoms with Crippen LogP contribution in [0, 0.1) is 24.2 Å². The number of piperidine rings is 1. The molecule has 1 saturated carbocycles. The number of nitrogens with zero attached hydrogens (tertiary/aromatic N) is 1. The van der Waals surface area contributed by atoms with Crippen LogP contribution >= 0.6 is 0 Å². The molecule has 0 radical (unpaired) electrons. The van der Waals surface area contributed by atoms with E-state index in [0.717, 1.165) is 24.0 Å². The van der Waals surface area contributed by atoms with Crippen LogP contribution in [-0.2, 0) is 15.2 Å². The third-order valence-electron chi connectivity index (χ3n) is 6.71. The van der Waals surface area contributed by atoms with Crippen molar-refractivity contribution in [3.8, 4) is 0 Å². The predicted octanol–water partition coefficient (Wildman–Crippen LogP) is 3.38. The Hall–Kier alpha value is -1.88. The van der Waals surface area contributed by atoms with Crippen LogP contribution < -0.4 is 5.32 Å². The van der Waals surface area contributed by atoms with E-state index >= 15 is 0 Å². The van der Waals surface area contributed by atoms with Crippen LogP contribution in [0.4, 0.5) is 0 Å². The topological polar surface area (TPSA) is 69.6 Å². The maximum absolute atomic E-state index is 13.3. The molecule has 1 saturated heterocycles. The third kappa shape index (κ3) is 4.66. The average molecular weight is 401 g/mol. The van der Waals surface area contributed by atoms with Gasteiger partial charge in [0.15, 0.2) is 0 Å². The van der Waals surface area contributed by atoms with Gasteiger partial charge in [0.1, 0.15) is 6.04 Å². The van der Waals surface area contributed by atoms with E-state index < -0.39 is 17.1 Å². The molecule has 160 valence electrons. The number of nitrogens with one attached hydrogen (secondary N) is 1. The Morgan fingerprint density at radius 2 is 1.83 bits per heavy atom. The van der Waals surface area contributed by atoms with Gasteiger partial charge in [0.05, 0.1) is 5.60 Å². The Bertz CT molecular complexity index is 752. The van der Waals surface area contributed by atoms with E-state index in [1.165, 1.54) is 0 Å². The zero-order valence-electron chi connectivity index (χ0n) is 18.5. The summed E-state index contributed by atoms with van der Waals surface area (Å²) in [5, 5.41) is 14.5. The van der Waals surface area contributed by atoms with Crippen molar-refractivity contribution in [2.75, 3.05) is 13.1 Å². The fourth-order valence-electron chi connectivity index (χ4n) is 4.40. The fourth-order valence-corrected chi connectivity index (χ4v) is 4.40. The van der Waals surface area contributed by atoms with Crippen LogP contribution in [0.1, 0.15) is 64.5 Å². The SMILES string of the molecule is Cc1ccc([C@@]2(O)CCN(C(=O)[C@H](NC(=O)CC3CC3)C(C)C)CC2(C)C)cc1. The molecule has 5 nitrogen and oxygen atoms in total. The third-order valence-corrected chi connectivity index (χ3v) is 6.71. The molecule has 2 fully saturated rings. The Morgan fingerprint density at radius 1 is 1.21 bits per heavy atom. The predicted molar refractivity (Wildman–Crippen MR) is 114 cm³/mol. The van der Waals surface area contributed by atoms with Gasteiger partial charge in [-0.05, 0) is 43.6 Å². The van der Waals surface area contributed by atoms with Gasteiger partial charge in [-0.25, -0.2) is 0 Å². The molecule has 0 spiro atoms. The molecule has 2 amide bonds. The summed E-state index contributed by atoms with van der Waals surface area (Å²) in [5.41, 5.74) is 0.568. The molecule has 1 aromatic rings. The molecule has 1 aromatic carbocycles. The summed E-state index contributed by atoms with van der Waals surface area (Å²) >= 11 is 0. The van der Waals surface area contributed by atoms with Crippen molar-refractivity contribution in [1.82, 2.24) is 10.2 Å². The smallest absolute Gasteiger partial charge is 0.245 e. The molecule has 2 N–H and O–H groups in total. The number of carbonyl (C=O) groups is 2. The van der Waals surface area contributed by atoms with E-state index in [1.54, 1.807) is 0 Å². The number of carbonyl (C=O) groups excluding carboxylic acids is 2. The second-order valence-electron chi connectivity index (χ2n) is 10.1. The van der Waals surface area contributed by atoms with Crippen molar-refractivity contribution in [3.63, 3.8) is 0 Å². The number of aryl methyl sites for hydroxylation is 1. The molecule has 1 aliphatic heterocycles. The number of benzene rings is 1. The zero-order chi connectivity index (χ0) is 21.4. The lowest BCUT2D eigenvalue weighted by atomic mass is 9.66. The normalized spacial score (nSPS) is 25.0. The monoisotopic (exact) mass is 400 g/mol. The summed E-state index contributed by atoms with van der Waals surface area (Å²) < 4.78 is 0. The van der Waals surface area contributed by atoms with Crippen LogP contribution in [0.5, 0.6) is 0 Å². The maximum Gasteiger partial charge on any atom is 0.245 e. The molecule has 0 aromatic heterocycles. The van der Waals surface area contributed by atoms with Crippen LogP contribution in [-0.4, -0.2) is 41.0 Å². The molecule has 2 aliphatic rings. The van der Waals surface area contributed by atoms with E-state index in [0.29, 0.717) is 31.8 Å². The molecule has 1 aliphatic carbocycles. The fraction of sp³-hybridized carbons (Fsp3) is 0.667. The highest BCUT2D eigenvalue weighted by Crippen LogP contribution is 2.46. The lowest BCUT2D eigenvalue weighted by Gasteiger charge is -2.51. The highest BCUT2D eigenvalue weighted by atomic mass is 16.3. The van der Waals surface area contributed by atoms with Crippen molar-refractivity contribution in [1.29, 1.82) is 0 Å². The van der Waals surface area contributed by atoms with Gasteiger partial charge in [0.25, 0.3) is 0 Å². The van der Waals surface area contributed by atoms with Crippen molar-refractivity contribution >= 4 is 11.8 Å². The Labute approximate surface area is 174 Å². The summed E-state index contributed by atoms with van der Waals surface area (Å²) in [7, 11) is 0. The average Bonchev–Trinajstić information content (AvgIpc) is 3.45. The van der Waals surface area contributed by atoms with Gasteiger partial charge in [-0.15, -0.1) is 0 Å². The van der Waals surface area contributed by atoms with Crippen LogP contribution in [0.15, 0.2) is 24.3 Å². The van der Waals surface area contributed by atoms with Gasteiger partial charge in [-0.2, -0.15) is 0 Å². The molecule has 0 unspecified atom stereocenters. The molecular weight excluding hydrogens is 364 g/mol. The molecule has 5 heteroatoms. The second-order valence-corrected chi connectivity index (χ2v) is 10.1. The minimum Gasteiger partial charge on any atom is -0.384 e. The molecule has 3 rings (SSSR count). The highest BCUT2D eigenvalue weighted by molar-refractivity contribution is 5.88. The highest BCUT2D eigenvalue weighted by Gasteiger charge is 2.50. The van der Waals surface area contributed by atoms with Crippen molar-refractivity contribution in [2.45, 2.75) is 71.9 Å². The summed E-state index contributed by atoms with van der Waals surface area (Å²) in [6.07, 6.45) is 3.24. The zero-order valence-corrected chi connectivity index (χ0v) is 18.5. The largest absolute Gasteiger partial charge is 0.384 e. The lowest BCUT2D eigenvalue weighted by Crippen LogP contribution is -2.60. The van der Waals surface area contributed by atoms with E-state index in [4.69, 9.17) is 0 Å². The van der Waals surface area contributed by atoms with E-state index in [-0.39, 0.29) is 17.7 Å². The number of likely N-dealkylation sites (tertiary alicyclic amines) is 1. The lowest BCUT2D eigenvalue weighted by molar-refractivity contribution is -0.156. The molecule has 29 heavy (non-hydrogen) atoms. The Morgan fingerprint density at radius 3 is 2.34 bits per heavy atom. The van der Waals surface area contributed by atoms with Crippen molar-refractivity contribution < 1.29 is 14.7 Å². The Kier molecular flexibility index (Phi) is 6.09. The summed E-state index contributed by atoms with van der Waals surface area (Å²) in [4.78, 5) is 27.4. The standard InChI is InChI=1S/C24H36N2O3/c1-16(2)21(25-20(27)14-18-8-9-18)22(28)26-13-12-24(29,23(4,5)15-26)19-10-6-17(3)7-11-19/h6-7,10-11,16,18,21,29H,8-9,12-15H2,1-5H3,(H,25,27)/t21-,24+/m1/s1. The van der Waals surface area contributed by atoms with Gasteiger partial charge in [-0.3, -0.25) is 9.59 Å². The first-order valence-electron chi connectivity index (χ1n) is 10.9. The first kappa shape index (κ1) is 21.8. The van der Waals surface area contributed by atoms with Gasteiger partial charge < -0.3 is 15.3 Å². The quantitative estimate of drug-likeness (QED) is 0.769. The summed E-state index contributed by atoms with van der Waals surface area (Å²) in [6, 6.07) is 7.51. The maximum atomic E-state index is 13.3. The Balaban J connectivity index is 1.72. The number of aliphatic hydroxyl groups is 1. The van der Waals surface area contributed by atoms with Gasteiger partial charge in [-0.1, -0.05) is 57.5 Å². The van der Waals surface area contributed by atoms with Gasteiger partial charge in [0, 0.05) is 24.9 Å². The van der Waals surface area contributed by atoms with E-state index in [9.17, 15) is 14.7 Å². The van der Waals surface area contributed by atoms with Crippen LogP contribution in [0.2, 0.25) is 0 Å². The van der Waals surface area contributed by atoms with Crippen LogP contribution in [0.25, 0.3) is 0 Å². The van der Waals surface area contributed by atoms with E-state index in [2.05, 4.69) is 5.32 Å². The molecule has 0 bridgehead atoms.